The third-order valence-electron chi connectivity index (χ3n) is 2.45. The molecule has 0 saturated heterocycles. The monoisotopic (exact) mass is 220 g/mol. The fourth-order valence-electron chi connectivity index (χ4n) is 1.49. The van der Waals surface area contributed by atoms with E-state index in [-0.39, 0.29) is 0 Å². The van der Waals surface area contributed by atoms with Crippen LogP contribution < -0.4 is 4.74 Å². The van der Waals surface area contributed by atoms with Gasteiger partial charge in [0.1, 0.15) is 5.82 Å². The summed E-state index contributed by atoms with van der Waals surface area (Å²) in [4.78, 5) is 4.23. The van der Waals surface area contributed by atoms with Crippen molar-refractivity contribution in [1.29, 1.82) is 0 Å². The third-order valence-corrected chi connectivity index (χ3v) is 2.45. The van der Waals surface area contributed by atoms with Gasteiger partial charge in [0.05, 0.1) is 19.0 Å². The minimum Gasteiger partial charge on any atom is -0.490 e. The lowest BCUT2D eigenvalue weighted by Gasteiger charge is -2.03. The van der Waals surface area contributed by atoms with Gasteiger partial charge in [0.2, 0.25) is 0 Å². The minimum absolute atomic E-state index is 0.625. The number of ether oxygens (including phenoxy) is 1. The molecule has 0 unspecified atom stereocenters. The maximum Gasteiger partial charge on any atom is 0.157 e. The molecule has 2 rings (SSSR count). The van der Waals surface area contributed by atoms with Gasteiger partial charge in [-0.3, -0.25) is 4.68 Å². The third kappa shape index (κ3) is 2.42. The molecule has 0 aliphatic heterocycles. The van der Waals surface area contributed by atoms with Crippen molar-refractivity contribution < 1.29 is 4.74 Å². The van der Waals surface area contributed by atoms with E-state index in [0.717, 1.165) is 24.5 Å². The molecular formula is C11H16N4O. The highest BCUT2D eigenvalue weighted by Gasteiger charge is 2.01. The Bertz CT molecular complexity index is 446. The number of hydrogen-bond acceptors (Lipinski definition) is 3. The molecule has 2 heterocycles. The van der Waals surface area contributed by atoms with Gasteiger partial charge >= 0.3 is 0 Å². The molecule has 2 aromatic heterocycles. The summed E-state index contributed by atoms with van der Waals surface area (Å²) in [5.41, 5.74) is 0. The van der Waals surface area contributed by atoms with Crippen molar-refractivity contribution in [2.45, 2.75) is 19.9 Å². The second kappa shape index (κ2) is 4.83. The van der Waals surface area contributed by atoms with E-state index in [1.165, 1.54) is 0 Å². The zero-order valence-corrected chi connectivity index (χ0v) is 9.63. The Balaban J connectivity index is 1.82. The Morgan fingerprint density at radius 3 is 2.94 bits per heavy atom. The molecule has 5 heteroatoms. The molecule has 0 fully saturated rings. The van der Waals surface area contributed by atoms with E-state index in [0.29, 0.717) is 6.61 Å². The van der Waals surface area contributed by atoms with Gasteiger partial charge < -0.3 is 9.30 Å². The first-order valence-corrected chi connectivity index (χ1v) is 5.41. The highest BCUT2D eigenvalue weighted by Crippen LogP contribution is 2.08. The van der Waals surface area contributed by atoms with Crippen LogP contribution in [-0.4, -0.2) is 25.9 Å². The van der Waals surface area contributed by atoms with Crippen LogP contribution >= 0.6 is 0 Å². The molecule has 0 aliphatic carbocycles. The average Bonchev–Trinajstić information content (AvgIpc) is 2.89. The lowest BCUT2D eigenvalue weighted by atomic mass is 10.4. The molecule has 0 radical (unpaired) electrons. The van der Waals surface area contributed by atoms with Crippen LogP contribution in [0.2, 0.25) is 0 Å². The Labute approximate surface area is 94.7 Å². The van der Waals surface area contributed by atoms with E-state index in [2.05, 4.69) is 10.1 Å². The molecule has 0 atom stereocenters. The maximum atomic E-state index is 5.58. The number of aryl methyl sites for hydroxylation is 2. The Hall–Kier alpha value is -1.78. The van der Waals surface area contributed by atoms with Gasteiger partial charge in [-0.25, -0.2) is 4.98 Å². The Morgan fingerprint density at radius 1 is 1.44 bits per heavy atom. The van der Waals surface area contributed by atoms with Gasteiger partial charge in [-0.05, 0) is 6.92 Å². The molecule has 5 nitrogen and oxygen atoms in total. The van der Waals surface area contributed by atoms with Crippen molar-refractivity contribution >= 4 is 0 Å². The van der Waals surface area contributed by atoms with Crippen LogP contribution in [0.3, 0.4) is 0 Å². The summed E-state index contributed by atoms with van der Waals surface area (Å²) in [6.45, 7) is 3.54. The summed E-state index contributed by atoms with van der Waals surface area (Å²) in [6.07, 6.45) is 8.18. The van der Waals surface area contributed by atoms with Gasteiger partial charge in [-0.1, -0.05) is 0 Å². The van der Waals surface area contributed by atoms with Crippen molar-refractivity contribution in [2.75, 3.05) is 6.61 Å². The Morgan fingerprint density at radius 2 is 2.31 bits per heavy atom. The second-order valence-corrected chi connectivity index (χ2v) is 3.58. The predicted molar refractivity (Wildman–Crippen MR) is 60.3 cm³/mol. The summed E-state index contributed by atoms with van der Waals surface area (Å²) in [6, 6.07) is 0. The van der Waals surface area contributed by atoms with Crippen LogP contribution in [0.4, 0.5) is 0 Å². The zero-order chi connectivity index (χ0) is 11.4. The summed E-state index contributed by atoms with van der Waals surface area (Å²) in [7, 11) is 1.98. The molecule has 0 aromatic carbocycles. The molecule has 86 valence electrons. The van der Waals surface area contributed by atoms with E-state index in [1.807, 2.05) is 35.6 Å². The standard InChI is InChI=1S/C11H16N4O/c1-3-15-9-10(8-13-15)16-7-4-11-12-5-6-14(11)2/h5-6,8-9H,3-4,7H2,1-2H3. The van der Waals surface area contributed by atoms with Crippen molar-refractivity contribution in [3.8, 4) is 5.75 Å². The molecule has 0 spiro atoms. The summed E-state index contributed by atoms with van der Waals surface area (Å²) in [5, 5.41) is 4.14. The van der Waals surface area contributed by atoms with Gasteiger partial charge in [0.25, 0.3) is 0 Å². The van der Waals surface area contributed by atoms with Gasteiger partial charge in [0, 0.05) is 32.4 Å². The highest BCUT2D eigenvalue weighted by atomic mass is 16.5. The van der Waals surface area contributed by atoms with Crippen LogP contribution in [0.1, 0.15) is 12.7 Å². The largest absolute Gasteiger partial charge is 0.490 e. The van der Waals surface area contributed by atoms with E-state index < -0.39 is 0 Å². The van der Waals surface area contributed by atoms with Crippen molar-refractivity contribution in [3.05, 3.63) is 30.6 Å². The number of imidazole rings is 1. The summed E-state index contributed by atoms with van der Waals surface area (Å²) >= 11 is 0. The van der Waals surface area contributed by atoms with Crippen molar-refractivity contribution in [2.24, 2.45) is 7.05 Å². The van der Waals surface area contributed by atoms with E-state index in [4.69, 9.17) is 4.74 Å². The van der Waals surface area contributed by atoms with Crippen molar-refractivity contribution in [1.82, 2.24) is 19.3 Å². The molecule has 16 heavy (non-hydrogen) atoms. The zero-order valence-electron chi connectivity index (χ0n) is 9.63. The normalized spacial score (nSPS) is 10.6. The first-order valence-electron chi connectivity index (χ1n) is 5.41. The summed E-state index contributed by atoms with van der Waals surface area (Å²) in [5.74, 6) is 1.85. The topological polar surface area (TPSA) is 44.9 Å². The lowest BCUT2D eigenvalue weighted by Crippen LogP contribution is -2.05. The second-order valence-electron chi connectivity index (χ2n) is 3.58. The maximum absolute atomic E-state index is 5.58. The summed E-state index contributed by atoms with van der Waals surface area (Å²) < 4.78 is 9.42. The predicted octanol–water partition coefficient (Wildman–Crippen LogP) is 1.26. The van der Waals surface area contributed by atoms with Crippen LogP contribution in [-0.2, 0) is 20.0 Å². The first kappa shape index (κ1) is 10.7. The molecule has 0 N–H and O–H groups in total. The van der Waals surface area contributed by atoms with Gasteiger partial charge in [-0.15, -0.1) is 0 Å². The van der Waals surface area contributed by atoms with Crippen molar-refractivity contribution in [3.63, 3.8) is 0 Å². The fraction of sp³-hybridized carbons (Fsp3) is 0.455. The quantitative estimate of drug-likeness (QED) is 0.762. The lowest BCUT2D eigenvalue weighted by molar-refractivity contribution is 0.317. The fourth-order valence-corrected chi connectivity index (χ4v) is 1.49. The molecular weight excluding hydrogens is 204 g/mol. The molecule has 0 bridgehead atoms. The minimum atomic E-state index is 0.625. The molecule has 2 aromatic rings. The van der Waals surface area contributed by atoms with Crippen LogP contribution in [0.15, 0.2) is 24.8 Å². The smallest absolute Gasteiger partial charge is 0.157 e. The van der Waals surface area contributed by atoms with Gasteiger partial charge in [-0.2, -0.15) is 5.10 Å². The number of rotatable bonds is 5. The highest BCUT2D eigenvalue weighted by molar-refractivity contribution is 5.11. The number of aromatic nitrogens is 4. The number of nitrogens with zero attached hydrogens (tertiary/aromatic N) is 4. The van der Waals surface area contributed by atoms with Crippen LogP contribution in [0.25, 0.3) is 0 Å². The van der Waals surface area contributed by atoms with Gasteiger partial charge in [0.15, 0.2) is 5.75 Å². The Kier molecular flexibility index (Phi) is 3.24. The number of hydrogen-bond donors (Lipinski definition) is 0. The first-order chi connectivity index (χ1) is 7.79. The average molecular weight is 220 g/mol. The van der Waals surface area contributed by atoms with E-state index in [1.54, 1.807) is 12.4 Å². The SMILES string of the molecule is CCn1cc(OCCc2nccn2C)cn1. The van der Waals surface area contributed by atoms with E-state index >= 15 is 0 Å². The van der Waals surface area contributed by atoms with Crippen LogP contribution in [0, 0.1) is 0 Å². The molecule has 0 aliphatic rings. The van der Waals surface area contributed by atoms with E-state index in [9.17, 15) is 0 Å². The molecule has 0 saturated carbocycles. The molecule has 0 amide bonds. The van der Waals surface area contributed by atoms with Crippen LogP contribution in [0.5, 0.6) is 5.75 Å².